The van der Waals surface area contributed by atoms with Crippen molar-refractivity contribution in [1.82, 2.24) is 14.7 Å². The third kappa shape index (κ3) is 3.93. The second-order valence-electron chi connectivity index (χ2n) is 6.33. The molecule has 0 fully saturated rings. The summed E-state index contributed by atoms with van der Waals surface area (Å²) >= 11 is 0. The minimum Gasteiger partial charge on any atom is -0.313 e. The molecule has 0 amide bonds. The zero-order valence-corrected chi connectivity index (χ0v) is 16.1. The number of pyridine rings is 2. The van der Waals surface area contributed by atoms with E-state index in [4.69, 9.17) is 0 Å². The van der Waals surface area contributed by atoms with Crippen LogP contribution in [0.15, 0.2) is 48.9 Å². The van der Waals surface area contributed by atoms with Crippen molar-refractivity contribution in [3.8, 4) is 0 Å². The van der Waals surface area contributed by atoms with Crippen molar-refractivity contribution >= 4 is 36.1 Å². The molecular formula is C20H23Cl2N3O. The average Bonchev–Trinajstić information content (AvgIpc) is 2.95. The fourth-order valence-electron chi connectivity index (χ4n) is 3.67. The van der Waals surface area contributed by atoms with Gasteiger partial charge in [-0.25, -0.2) is 0 Å². The summed E-state index contributed by atoms with van der Waals surface area (Å²) < 4.78 is 2.09. The minimum absolute atomic E-state index is 0. The van der Waals surface area contributed by atoms with E-state index in [1.165, 1.54) is 22.2 Å². The molecule has 4 nitrogen and oxygen atoms in total. The Morgan fingerprint density at radius 2 is 2.00 bits per heavy atom. The van der Waals surface area contributed by atoms with Crippen LogP contribution in [-0.2, 0) is 19.4 Å². The topological polar surface area (TPSA) is 46.4 Å². The van der Waals surface area contributed by atoms with E-state index in [-0.39, 0.29) is 30.6 Å². The molecule has 1 N–H and O–H groups in total. The minimum atomic E-state index is 0. The van der Waals surface area contributed by atoms with Gasteiger partial charge in [0.25, 0.3) is 0 Å². The van der Waals surface area contributed by atoms with Gasteiger partial charge in [-0.3, -0.25) is 9.78 Å². The van der Waals surface area contributed by atoms with Crippen molar-refractivity contribution in [3.63, 3.8) is 0 Å². The lowest BCUT2D eigenvalue weighted by molar-refractivity contribution is 0.0966. The van der Waals surface area contributed by atoms with Gasteiger partial charge >= 0.3 is 0 Å². The Labute approximate surface area is 165 Å². The number of Topliss-reactive ketones (excluding diaryl/α,β-unsaturated/α-hetero) is 1. The largest absolute Gasteiger partial charge is 0.313 e. The monoisotopic (exact) mass is 391 g/mol. The van der Waals surface area contributed by atoms with E-state index in [1.54, 1.807) is 6.20 Å². The first-order valence-electron chi connectivity index (χ1n) is 8.58. The van der Waals surface area contributed by atoms with Crippen LogP contribution in [0.25, 0.3) is 5.52 Å². The maximum absolute atomic E-state index is 12.4. The molecule has 0 saturated heterocycles. The summed E-state index contributed by atoms with van der Waals surface area (Å²) in [5.41, 5.74) is 5.88. The number of carbonyl (C=O) groups excluding carboxylic acids is 1. The summed E-state index contributed by atoms with van der Waals surface area (Å²) in [6, 6.07) is 10.2. The third-order valence-corrected chi connectivity index (χ3v) is 4.76. The molecule has 3 aromatic rings. The van der Waals surface area contributed by atoms with E-state index in [9.17, 15) is 4.79 Å². The van der Waals surface area contributed by atoms with Gasteiger partial charge in [0, 0.05) is 37.1 Å². The molecule has 6 heteroatoms. The maximum atomic E-state index is 12.4. The predicted octanol–water partition coefficient (Wildman–Crippen LogP) is 4.03. The standard InChI is InChI=1S/C20H21N3O.2ClH/c24-19-8-3-6-17-16(18-7-1-2-12-23(18)20(17)19)9-11-22-14-15-5-4-10-21-13-15;;/h1-2,4-5,7,10,12-13,22H,3,6,8-9,11,14H2;2*1H. The van der Waals surface area contributed by atoms with E-state index >= 15 is 0 Å². The Kier molecular flexibility index (Phi) is 7.21. The molecule has 0 aliphatic heterocycles. The van der Waals surface area contributed by atoms with Crippen molar-refractivity contribution in [3.05, 3.63) is 71.3 Å². The van der Waals surface area contributed by atoms with Gasteiger partial charge in [-0.15, -0.1) is 24.8 Å². The zero-order valence-electron chi connectivity index (χ0n) is 14.5. The number of fused-ring (bicyclic) bond motifs is 3. The molecule has 0 bridgehead atoms. The molecule has 1 aliphatic carbocycles. The Balaban J connectivity index is 0.00000121. The van der Waals surface area contributed by atoms with Crippen LogP contribution >= 0.6 is 24.8 Å². The third-order valence-electron chi connectivity index (χ3n) is 4.76. The Bertz CT molecular complexity index is 877. The average molecular weight is 392 g/mol. The fourth-order valence-corrected chi connectivity index (χ4v) is 3.67. The summed E-state index contributed by atoms with van der Waals surface area (Å²) in [7, 11) is 0. The second kappa shape index (κ2) is 9.17. The highest BCUT2D eigenvalue weighted by atomic mass is 35.5. The fraction of sp³-hybridized carbons (Fsp3) is 0.300. The van der Waals surface area contributed by atoms with Gasteiger partial charge in [0.1, 0.15) is 0 Å². The lowest BCUT2D eigenvalue weighted by Gasteiger charge is -2.12. The van der Waals surface area contributed by atoms with Crippen LogP contribution in [0.1, 0.15) is 40.0 Å². The van der Waals surface area contributed by atoms with Crippen LogP contribution in [0.5, 0.6) is 0 Å². The summed E-state index contributed by atoms with van der Waals surface area (Å²) in [5, 5.41) is 3.49. The number of hydrogen-bond donors (Lipinski definition) is 1. The zero-order chi connectivity index (χ0) is 16.4. The van der Waals surface area contributed by atoms with Gasteiger partial charge in [-0.05, 0) is 60.7 Å². The van der Waals surface area contributed by atoms with Gasteiger partial charge in [0.2, 0.25) is 0 Å². The molecule has 26 heavy (non-hydrogen) atoms. The van der Waals surface area contributed by atoms with Crippen molar-refractivity contribution in [1.29, 1.82) is 0 Å². The van der Waals surface area contributed by atoms with E-state index in [2.05, 4.69) is 32.9 Å². The Hall–Kier alpha value is -1.88. The molecule has 0 aromatic carbocycles. The van der Waals surface area contributed by atoms with Crippen molar-refractivity contribution in [2.24, 2.45) is 0 Å². The number of carbonyl (C=O) groups is 1. The second-order valence-corrected chi connectivity index (χ2v) is 6.33. The number of aromatic nitrogens is 2. The van der Waals surface area contributed by atoms with Crippen LogP contribution in [0.3, 0.4) is 0 Å². The highest BCUT2D eigenvalue weighted by Crippen LogP contribution is 2.30. The molecule has 4 rings (SSSR count). The summed E-state index contributed by atoms with van der Waals surface area (Å²) in [4.78, 5) is 16.5. The van der Waals surface area contributed by atoms with Crippen LogP contribution in [-0.4, -0.2) is 21.7 Å². The number of halogens is 2. The molecule has 0 radical (unpaired) electrons. The van der Waals surface area contributed by atoms with Crippen molar-refractivity contribution in [2.45, 2.75) is 32.2 Å². The van der Waals surface area contributed by atoms with Crippen LogP contribution < -0.4 is 5.32 Å². The highest BCUT2D eigenvalue weighted by molar-refractivity contribution is 5.99. The van der Waals surface area contributed by atoms with Gasteiger partial charge in [-0.1, -0.05) is 12.1 Å². The lowest BCUT2D eigenvalue weighted by atomic mass is 9.92. The number of nitrogens with one attached hydrogen (secondary N) is 1. The lowest BCUT2D eigenvalue weighted by Crippen LogP contribution is -2.18. The van der Waals surface area contributed by atoms with E-state index in [1.807, 2.05) is 24.5 Å². The normalized spacial score (nSPS) is 13.0. The molecule has 0 atom stereocenters. The highest BCUT2D eigenvalue weighted by Gasteiger charge is 2.25. The van der Waals surface area contributed by atoms with E-state index in [0.29, 0.717) is 6.42 Å². The SMILES string of the molecule is Cl.Cl.O=C1CCCc2c(CCNCc3cccnc3)c3ccccn3c21. The van der Waals surface area contributed by atoms with Crippen LogP contribution in [0.4, 0.5) is 0 Å². The summed E-state index contributed by atoms with van der Waals surface area (Å²) in [6.45, 7) is 1.71. The molecule has 3 aromatic heterocycles. The predicted molar refractivity (Wildman–Crippen MR) is 109 cm³/mol. The number of ketones is 1. The van der Waals surface area contributed by atoms with Crippen LogP contribution in [0, 0.1) is 0 Å². The quantitative estimate of drug-likeness (QED) is 0.667. The molecule has 3 heterocycles. The molecule has 138 valence electrons. The molecule has 0 unspecified atom stereocenters. The van der Waals surface area contributed by atoms with E-state index in [0.717, 1.165) is 38.0 Å². The van der Waals surface area contributed by atoms with E-state index < -0.39 is 0 Å². The molecule has 1 aliphatic rings. The van der Waals surface area contributed by atoms with Gasteiger partial charge in [0.15, 0.2) is 5.78 Å². The number of nitrogens with zero attached hydrogens (tertiary/aromatic N) is 2. The summed E-state index contributed by atoms with van der Waals surface area (Å²) in [6.07, 6.45) is 9.30. The first kappa shape index (κ1) is 20.4. The van der Waals surface area contributed by atoms with Gasteiger partial charge in [0.05, 0.1) is 5.69 Å². The first-order chi connectivity index (χ1) is 11.8. The number of rotatable bonds is 5. The van der Waals surface area contributed by atoms with Crippen molar-refractivity contribution in [2.75, 3.05) is 6.54 Å². The van der Waals surface area contributed by atoms with Crippen LogP contribution in [0.2, 0.25) is 0 Å². The number of hydrogen-bond acceptors (Lipinski definition) is 3. The molecular weight excluding hydrogens is 369 g/mol. The molecule has 0 spiro atoms. The smallest absolute Gasteiger partial charge is 0.179 e. The Morgan fingerprint density at radius 3 is 2.81 bits per heavy atom. The molecule has 0 saturated carbocycles. The van der Waals surface area contributed by atoms with Gasteiger partial charge < -0.3 is 9.72 Å². The summed E-state index contributed by atoms with van der Waals surface area (Å²) in [5.74, 6) is 0.284. The first-order valence-corrected chi connectivity index (χ1v) is 8.58. The van der Waals surface area contributed by atoms with Gasteiger partial charge in [-0.2, -0.15) is 0 Å². The Morgan fingerprint density at radius 1 is 1.12 bits per heavy atom. The van der Waals surface area contributed by atoms with Crippen molar-refractivity contribution < 1.29 is 4.79 Å². The maximum Gasteiger partial charge on any atom is 0.179 e.